The Bertz CT molecular complexity index is 766. The Morgan fingerprint density at radius 3 is 2.91 bits per heavy atom. The molecular weight excluding hydrogens is 306 g/mol. The van der Waals surface area contributed by atoms with E-state index in [4.69, 9.17) is 0 Å². The van der Waals surface area contributed by atoms with Crippen LogP contribution >= 0.6 is 11.3 Å². The molecule has 2 unspecified atom stereocenters. The number of hydrogen-bond donors (Lipinski definition) is 3. The molecule has 0 radical (unpaired) electrons. The summed E-state index contributed by atoms with van der Waals surface area (Å²) in [4.78, 5) is 15.4. The van der Waals surface area contributed by atoms with Crippen LogP contribution in [-0.2, 0) is 13.0 Å². The number of quaternary nitrogens is 1. The van der Waals surface area contributed by atoms with Crippen LogP contribution in [0.4, 0.5) is 5.00 Å². The van der Waals surface area contributed by atoms with Gasteiger partial charge in [-0.2, -0.15) is 0 Å². The Hall–Kier alpha value is -2.11. The number of hydrogen-bond acceptors (Lipinski definition) is 3. The van der Waals surface area contributed by atoms with E-state index in [9.17, 15) is 4.79 Å². The van der Waals surface area contributed by atoms with E-state index in [0.29, 0.717) is 0 Å². The predicted octanol–water partition coefficient (Wildman–Crippen LogP) is 1.51. The lowest BCUT2D eigenvalue weighted by Gasteiger charge is -2.24. The van der Waals surface area contributed by atoms with Crippen molar-refractivity contribution < 1.29 is 9.69 Å². The van der Waals surface area contributed by atoms with Gasteiger partial charge in [-0.25, -0.2) is 0 Å². The van der Waals surface area contributed by atoms with E-state index in [1.54, 1.807) is 11.3 Å². The summed E-state index contributed by atoms with van der Waals surface area (Å²) >= 11 is 1.74. The molecule has 3 heterocycles. The molecule has 5 heteroatoms. The maximum atomic E-state index is 12.5. The third-order valence-electron chi connectivity index (χ3n) is 4.44. The second-order valence-corrected chi connectivity index (χ2v) is 7.31. The van der Waals surface area contributed by atoms with Crippen molar-refractivity contribution in [2.24, 2.45) is 0 Å². The molecule has 4 nitrogen and oxygen atoms in total. The molecule has 0 fully saturated rings. The first kappa shape index (κ1) is 14.5. The number of benzene rings is 1. The fourth-order valence-corrected chi connectivity index (χ4v) is 4.62. The zero-order valence-electron chi connectivity index (χ0n) is 13.1. The molecular formula is C18H20N3OS+. The Morgan fingerprint density at radius 2 is 2.09 bits per heavy atom. The number of rotatable bonds is 2. The monoisotopic (exact) mass is 326 g/mol. The second kappa shape index (κ2) is 5.83. The minimum atomic E-state index is -0.152. The van der Waals surface area contributed by atoms with Crippen molar-refractivity contribution in [1.82, 2.24) is 5.32 Å². The van der Waals surface area contributed by atoms with Crippen molar-refractivity contribution in [3.8, 4) is 0 Å². The van der Waals surface area contributed by atoms with Crippen LogP contribution in [0.25, 0.3) is 6.08 Å². The lowest BCUT2D eigenvalue weighted by molar-refractivity contribution is -0.895. The molecule has 1 aromatic carbocycles. The first-order valence-corrected chi connectivity index (χ1v) is 8.79. The summed E-state index contributed by atoms with van der Waals surface area (Å²) in [5.41, 5.74) is 3.26. The summed E-state index contributed by atoms with van der Waals surface area (Å²) in [5, 5.41) is 7.54. The Balaban J connectivity index is 1.58. The number of amides is 1. The molecule has 0 saturated carbocycles. The lowest BCUT2D eigenvalue weighted by atomic mass is 10.0. The van der Waals surface area contributed by atoms with Crippen LogP contribution in [0.5, 0.6) is 0 Å². The first-order chi connectivity index (χ1) is 11.2. The van der Waals surface area contributed by atoms with Crippen LogP contribution in [0.3, 0.4) is 0 Å². The Kier molecular flexibility index (Phi) is 3.67. The van der Waals surface area contributed by atoms with Gasteiger partial charge in [-0.15, -0.1) is 11.3 Å². The predicted molar refractivity (Wildman–Crippen MR) is 93.8 cm³/mol. The first-order valence-electron chi connectivity index (χ1n) is 7.97. The number of thiophene rings is 1. The van der Waals surface area contributed by atoms with Gasteiger partial charge in [0.25, 0.3) is 5.91 Å². The van der Waals surface area contributed by atoms with Crippen molar-refractivity contribution in [3.05, 3.63) is 58.0 Å². The second-order valence-electron chi connectivity index (χ2n) is 6.21. The van der Waals surface area contributed by atoms with E-state index in [2.05, 4.69) is 29.8 Å². The number of anilines is 1. The molecule has 0 saturated heterocycles. The van der Waals surface area contributed by atoms with Crippen LogP contribution in [0.1, 0.15) is 26.4 Å². The summed E-state index contributed by atoms with van der Waals surface area (Å²) in [7, 11) is 2.21. The standard InChI is InChI=1S/C18H19N3OS/c1-21-10-9-13-14(11-21)23-18-16(13)17(22)19-15(20-18)8-7-12-5-3-2-4-6-12/h2-8,15,20H,9-11H2,1H3,(H,19,22)/p+1. The molecule has 2 aliphatic rings. The van der Waals surface area contributed by atoms with Gasteiger partial charge in [-0.05, 0) is 17.2 Å². The fraction of sp³-hybridized carbons (Fsp3) is 0.278. The molecule has 0 spiro atoms. The van der Waals surface area contributed by atoms with E-state index in [1.807, 2.05) is 30.4 Å². The van der Waals surface area contributed by atoms with E-state index in [-0.39, 0.29) is 12.1 Å². The van der Waals surface area contributed by atoms with Gasteiger partial charge in [0.15, 0.2) is 0 Å². The molecule has 1 amide bonds. The van der Waals surface area contributed by atoms with E-state index >= 15 is 0 Å². The van der Waals surface area contributed by atoms with Crippen molar-refractivity contribution in [2.75, 3.05) is 18.9 Å². The Labute approximate surface area is 139 Å². The van der Waals surface area contributed by atoms with Crippen molar-refractivity contribution in [3.63, 3.8) is 0 Å². The molecule has 1 aromatic heterocycles. The van der Waals surface area contributed by atoms with E-state index in [1.165, 1.54) is 15.3 Å². The average Bonchev–Trinajstić information content (AvgIpc) is 2.91. The smallest absolute Gasteiger partial charge is 0.256 e. The summed E-state index contributed by atoms with van der Waals surface area (Å²) in [6.07, 6.45) is 4.88. The van der Waals surface area contributed by atoms with Crippen molar-refractivity contribution >= 4 is 28.3 Å². The molecule has 3 N–H and O–H groups in total. The number of nitrogens with one attached hydrogen (secondary N) is 3. The van der Waals surface area contributed by atoms with Crippen molar-refractivity contribution in [1.29, 1.82) is 0 Å². The van der Waals surface area contributed by atoms with Gasteiger partial charge in [-0.1, -0.05) is 36.4 Å². The largest absolute Gasteiger partial charge is 0.353 e. The van der Waals surface area contributed by atoms with Crippen LogP contribution in [0.2, 0.25) is 0 Å². The number of fused-ring (bicyclic) bond motifs is 3. The number of likely N-dealkylation sites (N-methyl/N-ethyl adjacent to an activating group) is 1. The van der Waals surface area contributed by atoms with Crippen LogP contribution < -0.4 is 15.5 Å². The number of carbonyl (C=O) groups excluding carboxylic acids is 1. The maximum absolute atomic E-state index is 12.5. The minimum absolute atomic E-state index is 0.0542. The van der Waals surface area contributed by atoms with Crippen molar-refractivity contribution in [2.45, 2.75) is 19.1 Å². The van der Waals surface area contributed by atoms with Crippen LogP contribution in [0.15, 0.2) is 36.4 Å². The molecule has 4 rings (SSSR count). The van der Waals surface area contributed by atoms with Gasteiger partial charge in [0.1, 0.15) is 17.7 Å². The molecule has 0 bridgehead atoms. The SMILES string of the molecule is C[NH+]1CCc2c(sc3c2C(=O)NC(C=Cc2ccccc2)N3)C1. The van der Waals surface area contributed by atoms with E-state index < -0.39 is 0 Å². The zero-order chi connectivity index (χ0) is 15.8. The highest BCUT2D eigenvalue weighted by Gasteiger charge is 2.32. The summed E-state index contributed by atoms with van der Waals surface area (Å²) in [6, 6.07) is 10.1. The number of carbonyl (C=O) groups is 1. The quantitative estimate of drug-likeness (QED) is 0.783. The normalized spacial score (nSPS) is 23.1. The third-order valence-corrected chi connectivity index (χ3v) is 5.60. The van der Waals surface area contributed by atoms with Gasteiger partial charge in [-0.3, -0.25) is 4.79 Å². The average molecular weight is 326 g/mol. The summed E-state index contributed by atoms with van der Waals surface area (Å²) in [6.45, 7) is 2.12. The summed E-state index contributed by atoms with van der Waals surface area (Å²) < 4.78 is 0. The van der Waals surface area contributed by atoms with Gasteiger partial charge in [0, 0.05) is 6.42 Å². The molecule has 0 aliphatic carbocycles. The minimum Gasteiger partial charge on any atom is -0.353 e. The highest BCUT2D eigenvalue weighted by molar-refractivity contribution is 7.16. The highest BCUT2D eigenvalue weighted by Crippen LogP contribution is 2.36. The lowest BCUT2D eigenvalue weighted by Crippen LogP contribution is -3.08. The zero-order valence-corrected chi connectivity index (χ0v) is 13.9. The van der Waals surface area contributed by atoms with Gasteiger partial charge < -0.3 is 15.5 Å². The molecule has 118 valence electrons. The molecule has 2 aliphatic heterocycles. The summed E-state index contributed by atoms with van der Waals surface area (Å²) in [5.74, 6) is 0.0542. The van der Waals surface area contributed by atoms with Gasteiger partial charge in [0.05, 0.1) is 24.0 Å². The highest BCUT2D eigenvalue weighted by atomic mass is 32.1. The van der Waals surface area contributed by atoms with Crippen LogP contribution in [-0.4, -0.2) is 25.7 Å². The van der Waals surface area contributed by atoms with Gasteiger partial charge >= 0.3 is 0 Å². The maximum Gasteiger partial charge on any atom is 0.256 e. The van der Waals surface area contributed by atoms with Gasteiger partial charge in [0.2, 0.25) is 0 Å². The fourth-order valence-electron chi connectivity index (χ4n) is 3.22. The third kappa shape index (κ3) is 2.78. The molecule has 2 atom stereocenters. The van der Waals surface area contributed by atoms with E-state index in [0.717, 1.165) is 35.6 Å². The molecule has 23 heavy (non-hydrogen) atoms. The topological polar surface area (TPSA) is 45.6 Å². The van der Waals surface area contributed by atoms with Crippen LogP contribution in [0, 0.1) is 0 Å². The Morgan fingerprint density at radius 1 is 1.26 bits per heavy atom. The molecule has 2 aromatic rings.